The number of hydrogen-bond acceptors (Lipinski definition) is 5. The molecule has 1 aliphatic heterocycles. The van der Waals surface area contributed by atoms with Crippen LogP contribution in [0.4, 0.5) is 5.69 Å². The first-order valence-electron chi connectivity index (χ1n) is 11.2. The lowest BCUT2D eigenvalue weighted by molar-refractivity contribution is -0.130. The van der Waals surface area contributed by atoms with E-state index < -0.39 is 11.9 Å². The lowest BCUT2D eigenvalue weighted by atomic mass is 10.0. The normalized spacial score (nSPS) is 14.3. The lowest BCUT2D eigenvalue weighted by Gasteiger charge is -2.26. The van der Waals surface area contributed by atoms with Crippen molar-refractivity contribution in [2.45, 2.75) is 18.9 Å². The quantitative estimate of drug-likeness (QED) is 0.519. The number of hydrogen-bond donors (Lipinski definition) is 2. The zero-order valence-corrected chi connectivity index (χ0v) is 19.6. The van der Waals surface area contributed by atoms with Crippen molar-refractivity contribution in [3.05, 3.63) is 89.9 Å². The topological polar surface area (TPSA) is 91.7 Å². The van der Waals surface area contributed by atoms with Crippen LogP contribution in [0.15, 0.2) is 77.4 Å². The van der Waals surface area contributed by atoms with Crippen LogP contribution in [-0.4, -0.2) is 53.3 Å². The van der Waals surface area contributed by atoms with Crippen molar-refractivity contribution < 1.29 is 18.8 Å². The third kappa shape index (κ3) is 6.51. The zero-order chi connectivity index (χ0) is 23.8. The summed E-state index contributed by atoms with van der Waals surface area (Å²) >= 11 is 1.87. The van der Waals surface area contributed by atoms with Gasteiger partial charge in [0.15, 0.2) is 5.76 Å². The summed E-state index contributed by atoms with van der Waals surface area (Å²) in [6, 6.07) is 19.1. The molecule has 0 bridgehead atoms. The van der Waals surface area contributed by atoms with E-state index in [1.165, 1.54) is 6.26 Å². The molecule has 1 atom stereocenters. The molecule has 2 N–H and O–H groups in total. The second kappa shape index (κ2) is 11.6. The Balaban J connectivity index is 1.39. The molecule has 0 saturated carbocycles. The van der Waals surface area contributed by atoms with Crippen molar-refractivity contribution in [1.29, 1.82) is 0 Å². The summed E-state index contributed by atoms with van der Waals surface area (Å²) in [7, 11) is 0. The number of thioether (sulfide) groups is 1. The number of carbonyl (C=O) groups is 3. The first-order chi connectivity index (χ1) is 16.6. The maximum Gasteiger partial charge on any atom is 0.287 e. The Morgan fingerprint density at radius 2 is 1.65 bits per heavy atom. The van der Waals surface area contributed by atoms with Crippen LogP contribution in [0.5, 0.6) is 0 Å². The van der Waals surface area contributed by atoms with Crippen LogP contribution >= 0.6 is 11.8 Å². The third-order valence-corrected chi connectivity index (χ3v) is 6.53. The molecule has 4 rings (SSSR count). The van der Waals surface area contributed by atoms with Crippen LogP contribution in [0.1, 0.15) is 21.7 Å². The van der Waals surface area contributed by atoms with Crippen LogP contribution in [0, 0.1) is 0 Å². The second-order valence-corrected chi connectivity index (χ2v) is 9.27. The molecule has 1 unspecified atom stereocenters. The Morgan fingerprint density at radius 3 is 2.32 bits per heavy atom. The van der Waals surface area contributed by atoms with E-state index in [4.69, 9.17) is 4.42 Å². The first kappa shape index (κ1) is 23.6. The van der Waals surface area contributed by atoms with Gasteiger partial charge in [-0.05, 0) is 35.4 Å². The lowest BCUT2D eigenvalue weighted by Crippen LogP contribution is -2.45. The van der Waals surface area contributed by atoms with Crippen LogP contribution < -0.4 is 10.6 Å². The predicted octanol–water partition coefficient (Wildman–Crippen LogP) is 3.38. The van der Waals surface area contributed by atoms with Crippen molar-refractivity contribution in [3.8, 4) is 0 Å². The van der Waals surface area contributed by atoms with E-state index >= 15 is 0 Å². The van der Waals surface area contributed by atoms with Crippen molar-refractivity contribution in [1.82, 2.24) is 10.2 Å². The maximum absolute atomic E-state index is 13.1. The molecule has 3 aromatic rings. The number of furan rings is 1. The van der Waals surface area contributed by atoms with Crippen molar-refractivity contribution >= 4 is 35.2 Å². The molecule has 2 heterocycles. The Morgan fingerprint density at radius 1 is 0.912 bits per heavy atom. The summed E-state index contributed by atoms with van der Waals surface area (Å²) in [5, 5.41) is 5.64. The van der Waals surface area contributed by atoms with Gasteiger partial charge >= 0.3 is 0 Å². The highest BCUT2D eigenvalue weighted by atomic mass is 32.2. The molecule has 34 heavy (non-hydrogen) atoms. The third-order valence-electron chi connectivity index (χ3n) is 5.59. The van der Waals surface area contributed by atoms with Crippen LogP contribution in [-0.2, 0) is 22.4 Å². The number of rotatable bonds is 8. The van der Waals surface area contributed by atoms with Gasteiger partial charge in [0.2, 0.25) is 11.8 Å². The molecule has 0 radical (unpaired) electrons. The van der Waals surface area contributed by atoms with Gasteiger partial charge in [-0.25, -0.2) is 0 Å². The SMILES string of the molecule is O=C(NC(Cc1ccccc1)C(=O)Nc1ccc(CC(=O)N2CCSCC2)cc1)c1ccco1. The molecular weight excluding hydrogens is 450 g/mol. The highest BCUT2D eigenvalue weighted by Crippen LogP contribution is 2.15. The van der Waals surface area contributed by atoms with Gasteiger partial charge in [0.05, 0.1) is 12.7 Å². The van der Waals surface area contributed by atoms with Gasteiger partial charge in [-0.15, -0.1) is 0 Å². The van der Waals surface area contributed by atoms with E-state index in [2.05, 4.69) is 10.6 Å². The molecule has 8 heteroatoms. The largest absolute Gasteiger partial charge is 0.459 e. The van der Waals surface area contributed by atoms with Crippen LogP contribution in [0.25, 0.3) is 0 Å². The average Bonchev–Trinajstić information content (AvgIpc) is 3.41. The van der Waals surface area contributed by atoms with Gasteiger partial charge in [-0.2, -0.15) is 11.8 Å². The van der Waals surface area contributed by atoms with E-state index in [9.17, 15) is 14.4 Å². The van der Waals surface area contributed by atoms with Crippen molar-refractivity contribution in [2.75, 3.05) is 29.9 Å². The van der Waals surface area contributed by atoms with Gasteiger partial charge < -0.3 is 20.0 Å². The minimum absolute atomic E-state index is 0.126. The molecule has 0 aliphatic carbocycles. The molecule has 7 nitrogen and oxygen atoms in total. The molecule has 1 aliphatic rings. The summed E-state index contributed by atoms with van der Waals surface area (Å²) < 4.78 is 5.16. The molecule has 2 aromatic carbocycles. The number of nitrogens with one attached hydrogen (secondary N) is 2. The molecular formula is C26H27N3O4S. The zero-order valence-electron chi connectivity index (χ0n) is 18.7. The molecule has 1 fully saturated rings. The smallest absolute Gasteiger partial charge is 0.287 e. The second-order valence-electron chi connectivity index (χ2n) is 8.05. The van der Waals surface area contributed by atoms with Gasteiger partial charge in [0.25, 0.3) is 5.91 Å². The molecule has 1 aromatic heterocycles. The van der Waals surface area contributed by atoms with Gasteiger partial charge in [0, 0.05) is 36.7 Å². The fraction of sp³-hybridized carbons (Fsp3) is 0.269. The number of benzene rings is 2. The fourth-order valence-corrected chi connectivity index (χ4v) is 4.63. The fourth-order valence-electron chi connectivity index (χ4n) is 3.73. The predicted molar refractivity (Wildman–Crippen MR) is 133 cm³/mol. The Bertz CT molecular complexity index is 1090. The minimum Gasteiger partial charge on any atom is -0.459 e. The molecule has 0 spiro atoms. The molecule has 1 saturated heterocycles. The Labute approximate surface area is 202 Å². The summed E-state index contributed by atoms with van der Waals surface area (Å²) in [5.41, 5.74) is 2.42. The van der Waals surface area contributed by atoms with Crippen LogP contribution in [0.2, 0.25) is 0 Å². The number of nitrogens with zero attached hydrogens (tertiary/aromatic N) is 1. The monoisotopic (exact) mass is 477 g/mol. The summed E-state index contributed by atoms with van der Waals surface area (Å²) in [5.74, 6) is 1.45. The number of anilines is 1. The van der Waals surface area contributed by atoms with Gasteiger partial charge in [-0.1, -0.05) is 42.5 Å². The van der Waals surface area contributed by atoms with E-state index in [-0.39, 0.29) is 17.6 Å². The summed E-state index contributed by atoms with van der Waals surface area (Å²) in [4.78, 5) is 40.0. The molecule has 3 amide bonds. The first-order valence-corrected chi connectivity index (χ1v) is 12.4. The maximum atomic E-state index is 13.1. The highest BCUT2D eigenvalue weighted by Gasteiger charge is 2.23. The highest BCUT2D eigenvalue weighted by molar-refractivity contribution is 7.99. The van der Waals surface area contributed by atoms with Crippen LogP contribution in [0.3, 0.4) is 0 Å². The minimum atomic E-state index is -0.793. The summed E-state index contributed by atoms with van der Waals surface area (Å²) in [6.07, 6.45) is 2.09. The van der Waals surface area contributed by atoms with Gasteiger partial charge in [-0.3, -0.25) is 14.4 Å². The standard InChI is InChI=1S/C26H27N3O4S/c30-24(29-12-15-34-16-13-29)18-20-8-10-21(11-9-20)27-25(31)22(17-19-5-2-1-3-6-19)28-26(32)23-7-4-14-33-23/h1-11,14,22H,12-13,15-18H2,(H,27,31)(H,28,32). The summed E-state index contributed by atoms with van der Waals surface area (Å²) in [6.45, 7) is 1.59. The van der Waals surface area contributed by atoms with E-state index in [0.29, 0.717) is 18.5 Å². The number of carbonyl (C=O) groups excluding carboxylic acids is 3. The van der Waals surface area contributed by atoms with E-state index in [1.807, 2.05) is 59.1 Å². The van der Waals surface area contributed by atoms with E-state index in [0.717, 1.165) is 35.7 Å². The van der Waals surface area contributed by atoms with Gasteiger partial charge in [0.1, 0.15) is 6.04 Å². The van der Waals surface area contributed by atoms with Crippen molar-refractivity contribution in [3.63, 3.8) is 0 Å². The van der Waals surface area contributed by atoms with E-state index in [1.54, 1.807) is 24.3 Å². The molecule has 176 valence electrons. The average molecular weight is 478 g/mol. The Kier molecular flexibility index (Phi) is 8.04. The number of amides is 3. The van der Waals surface area contributed by atoms with Crippen molar-refractivity contribution in [2.24, 2.45) is 0 Å². The Hall–Kier alpha value is -3.52.